The summed E-state index contributed by atoms with van der Waals surface area (Å²) in [6.45, 7) is 5.57. The highest BCUT2D eigenvalue weighted by Gasteiger charge is 2.07. The zero-order valence-electron chi connectivity index (χ0n) is 10.2. The number of para-hydroxylation sites is 1. The first-order valence-corrected chi connectivity index (χ1v) is 5.98. The Morgan fingerprint density at radius 1 is 1.18 bits per heavy atom. The van der Waals surface area contributed by atoms with E-state index in [1.54, 1.807) is 0 Å². The molecule has 1 aromatic heterocycles. The average molecular weight is 231 g/mol. The van der Waals surface area contributed by atoms with Gasteiger partial charge in [-0.3, -0.25) is 0 Å². The quantitative estimate of drug-likeness (QED) is 0.859. The van der Waals surface area contributed by atoms with E-state index in [-0.39, 0.29) is 0 Å². The van der Waals surface area contributed by atoms with Crippen LogP contribution in [0.15, 0.2) is 24.3 Å². The molecule has 0 amide bonds. The first-order chi connectivity index (χ1) is 8.35. The maximum absolute atomic E-state index is 5.66. The van der Waals surface area contributed by atoms with Gasteiger partial charge in [0.2, 0.25) is 11.8 Å². The summed E-state index contributed by atoms with van der Waals surface area (Å²) in [7, 11) is 0. The lowest BCUT2D eigenvalue weighted by Gasteiger charge is -2.09. The Hall–Kier alpha value is -1.84. The molecule has 1 heterocycles. The number of aromatic nitrogens is 2. The second-order valence-electron chi connectivity index (χ2n) is 3.75. The molecule has 0 saturated heterocycles. The minimum atomic E-state index is 0.623. The molecule has 0 atom stereocenters. The van der Waals surface area contributed by atoms with E-state index in [1.807, 2.05) is 31.2 Å². The number of anilines is 1. The summed E-state index contributed by atoms with van der Waals surface area (Å²) < 4.78 is 5.66. The molecule has 0 fully saturated rings. The van der Waals surface area contributed by atoms with Gasteiger partial charge in [0, 0.05) is 6.54 Å². The second-order valence-corrected chi connectivity index (χ2v) is 3.75. The van der Waals surface area contributed by atoms with E-state index >= 15 is 0 Å². The Balaban J connectivity index is 2.45. The third-order valence-electron chi connectivity index (χ3n) is 2.35. The number of benzene rings is 1. The second kappa shape index (κ2) is 5.48. The van der Waals surface area contributed by atoms with Gasteiger partial charge in [-0.15, -0.1) is 0 Å². The van der Waals surface area contributed by atoms with Crippen molar-refractivity contribution in [3.05, 3.63) is 24.3 Å². The SMILES string of the molecule is CCCOc1nc(NCC)nc2ccccc12. The van der Waals surface area contributed by atoms with Crippen LogP contribution >= 0.6 is 0 Å². The van der Waals surface area contributed by atoms with Gasteiger partial charge in [0.15, 0.2) is 0 Å². The summed E-state index contributed by atoms with van der Waals surface area (Å²) in [6.07, 6.45) is 0.967. The lowest BCUT2D eigenvalue weighted by atomic mass is 10.2. The van der Waals surface area contributed by atoms with Crippen molar-refractivity contribution in [3.63, 3.8) is 0 Å². The molecule has 90 valence electrons. The molecule has 1 aromatic carbocycles. The van der Waals surface area contributed by atoms with Crippen molar-refractivity contribution in [2.45, 2.75) is 20.3 Å². The first kappa shape index (κ1) is 11.6. The molecular weight excluding hydrogens is 214 g/mol. The summed E-state index contributed by atoms with van der Waals surface area (Å²) in [5, 5.41) is 4.08. The van der Waals surface area contributed by atoms with Crippen LogP contribution in [0.3, 0.4) is 0 Å². The van der Waals surface area contributed by atoms with Gasteiger partial charge in [0.25, 0.3) is 0 Å². The van der Waals surface area contributed by atoms with Crippen LogP contribution in [0.25, 0.3) is 10.9 Å². The molecule has 4 nitrogen and oxygen atoms in total. The maximum atomic E-state index is 5.66. The van der Waals surface area contributed by atoms with Gasteiger partial charge in [-0.25, -0.2) is 4.98 Å². The highest BCUT2D eigenvalue weighted by molar-refractivity contribution is 5.84. The Bertz CT molecular complexity index is 499. The van der Waals surface area contributed by atoms with Crippen molar-refractivity contribution < 1.29 is 4.74 Å². The molecule has 17 heavy (non-hydrogen) atoms. The lowest BCUT2D eigenvalue weighted by molar-refractivity contribution is 0.309. The molecule has 2 aromatic rings. The third kappa shape index (κ3) is 2.64. The van der Waals surface area contributed by atoms with E-state index in [2.05, 4.69) is 22.2 Å². The first-order valence-electron chi connectivity index (χ1n) is 5.98. The van der Waals surface area contributed by atoms with Gasteiger partial charge in [-0.05, 0) is 25.5 Å². The smallest absolute Gasteiger partial charge is 0.226 e. The number of hydrogen-bond donors (Lipinski definition) is 1. The molecule has 1 N–H and O–H groups in total. The van der Waals surface area contributed by atoms with Crippen molar-refractivity contribution in [2.75, 3.05) is 18.5 Å². The molecule has 2 rings (SSSR count). The largest absolute Gasteiger partial charge is 0.477 e. The Morgan fingerprint density at radius 2 is 2.00 bits per heavy atom. The van der Waals surface area contributed by atoms with Crippen molar-refractivity contribution in [3.8, 4) is 5.88 Å². The fraction of sp³-hybridized carbons (Fsp3) is 0.385. The summed E-state index contributed by atoms with van der Waals surface area (Å²) in [4.78, 5) is 8.82. The van der Waals surface area contributed by atoms with Gasteiger partial charge in [-0.2, -0.15) is 4.98 Å². The van der Waals surface area contributed by atoms with Crippen molar-refractivity contribution in [1.82, 2.24) is 9.97 Å². The fourth-order valence-electron chi connectivity index (χ4n) is 1.59. The van der Waals surface area contributed by atoms with Crippen LogP contribution < -0.4 is 10.1 Å². The molecule has 0 aliphatic rings. The van der Waals surface area contributed by atoms with Crippen LogP contribution in [0.5, 0.6) is 5.88 Å². The van der Waals surface area contributed by atoms with Crippen LogP contribution in [0.1, 0.15) is 20.3 Å². The zero-order chi connectivity index (χ0) is 12.1. The van der Waals surface area contributed by atoms with Crippen LogP contribution in [0.4, 0.5) is 5.95 Å². The molecule has 0 unspecified atom stereocenters. The minimum absolute atomic E-state index is 0.623. The summed E-state index contributed by atoms with van der Waals surface area (Å²) >= 11 is 0. The Morgan fingerprint density at radius 3 is 2.76 bits per heavy atom. The van der Waals surface area contributed by atoms with Crippen molar-refractivity contribution >= 4 is 16.9 Å². The Labute approximate surface area is 101 Å². The van der Waals surface area contributed by atoms with E-state index in [0.29, 0.717) is 18.4 Å². The van der Waals surface area contributed by atoms with Crippen LogP contribution in [0.2, 0.25) is 0 Å². The molecule has 0 radical (unpaired) electrons. The van der Waals surface area contributed by atoms with E-state index in [9.17, 15) is 0 Å². The standard InChI is InChI=1S/C13H17N3O/c1-3-9-17-12-10-7-5-6-8-11(10)15-13(16-12)14-4-2/h5-8H,3-4,9H2,1-2H3,(H,14,15,16). The number of ether oxygens (including phenoxy) is 1. The fourth-order valence-corrected chi connectivity index (χ4v) is 1.59. The normalized spacial score (nSPS) is 10.5. The van der Waals surface area contributed by atoms with E-state index < -0.39 is 0 Å². The number of nitrogens with zero attached hydrogens (tertiary/aromatic N) is 2. The summed E-state index contributed by atoms with van der Waals surface area (Å²) in [5.41, 5.74) is 0.907. The number of rotatable bonds is 5. The predicted molar refractivity (Wildman–Crippen MR) is 69.5 cm³/mol. The monoisotopic (exact) mass is 231 g/mol. The summed E-state index contributed by atoms with van der Waals surface area (Å²) in [6, 6.07) is 7.89. The van der Waals surface area contributed by atoms with Crippen LogP contribution in [-0.4, -0.2) is 23.1 Å². The predicted octanol–water partition coefficient (Wildman–Crippen LogP) is 2.85. The molecule has 0 bridgehead atoms. The molecule has 0 spiro atoms. The maximum Gasteiger partial charge on any atom is 0.226 e. The summed E-state index contributed by atoms with van der Waals surface area (Å²) in [5.74, 6) is 1.28. The molecule has 0 aliphatic heterocycles. The average Bonchev–Trinajstić information content (AvgIpc) is 2.36. The van der Waals surface area contributed by atoms with E-state index in [1.165, 1.54) is 0 Å². The lowest BCUT2D eigenvalue weighted by Crippen LogP contribution is -2.05. The molecular formula is C13H17N3O. The van der Waals surface area contributed by atoms with Gasteiger partial charge in [-0.1, -0.05) is 19.1 Å². The van der Waals surface area contributed by atoms with E-state index in [0.717, 1.165) is 23.9 Å². The topological polar surface area (TPSA) is 47.0 Å². The van der Waals surface area contributed by atoms with Gasteiger partial charge in [0.1, 0.15) is 0 Å². The number of hydrogen-bond acceptors (Lipinski definition) is 4. The highest BCUT2D eigenvalue weighted by atomic mass is 16.5. The third-order valence-corrected chi connectivity index (χ3v) is 2.35. The van der Waals surface area contributed by atoms with Crippen molar-refractivity contribution in [1.29, 1.82) is 0 Å². The molecule has 4 heteroatoms. The number of fused-ring (bicyclic) bond motifs is 1. The zero-order valence-corrected chi connectivity index (χ0v) is 10.2. The van der Waals surface area contributed by atoms with Crippen LogP contribution in [0, 0.1) is 0 Å². The highest BCUT2D eigenvalue weighted by Crippen LogP contribution is 2.23. The van der Waals surface area contributed by atoms with Crippen LogP contribution in [-0.2, 0) is 0 Å². The number of nitrogens with one attached hydrogen (secondary N) is 1. The molecule has 0 saturated carbocycles. The minimum Gasteiger partial charge on any atom is -0.477 e. The van der Waals surface area contributed by atoms with Gasteiger partial charge in [0.05, 0.1) is 17.5 Å². The molecule has 0 aliphatic carbocycles. The van der Waals surface area contributed by atoms with E-state index in [4.69, 9.17) is 4.74 Å². The van der Waals surface area contributed by atoms with Gasteiger partial charge >= 0.3 is 0 Å². The van der Waals surface area contributed by atoms with Crippen molar-refractivity contribution in [2.24, 2.45) is 0 Å². The van der Waals surface area contributed by atoms with Gasteiger partial charge < -0.3 is 10.1 Å². The Kier molecular flexibility index (Phi) is 3.75.